The Bertz CT molecular complexity index is 682. The molecule has 1 aromatic rings. The maximum atomic E-state index is 12.9. The molecule has 1 fully saturated rings. The minimum Gasteiger partial charge on any atom is -0.303 e. The number of sulfone groups is 1. The molecule has 0 amide bonds. The van der Waals surface area contributed by atoms with E-state index in [4.69, 9.17) is 0 Å². The molecule has 4 nitrogen and oxygen atoms in total. The molecule has 1 aliphatic heterocycles. The van der Waals surface area contributed by atoms with Gasteiger partial charge in [-0.25, -0.2) is 8.42 Å². The molecule has 1 saturated heterocycles. The van der Waals surface area contributed by atoms with Gasteiger partial charge in [0.15, 0.2) is 9.84 Å². The Morgan fingerprint density at radius 3 is 2.58 bits per heavy atom. The van der Waals surface area contributed by atoms with Crippen molar-refractivity contribution in [3.63, 3.8) is 0 Å². The van der Waals surface area contributed by atoms with Gasteiger partial charge in [-0.2, -0.15) is 0 Å². The molecule has 0 aliphatic carbocycles. The Morgan fingerprint density at radius 2 is 1.92 bits per heavy atom. The van der Waals surface area contributed by atoms with Crippen LogP contribution in [0.2, 0.25) is 0 Å². The molecule has 26 heavy (non-hydrogen) atoms. The molecule has 0 spiro atoms. The Kier molecular flexibility index (Phi) is 7.42. The molecule has 1 atom stereocenters. The lowest BCUT2D eigenvalue weighted by Crippen LogP contribution is -2.40. The molecule has 1 unspecified atom stereocenters. The Balaban J connectivity index is 1.89. The third-order valence-corrected chi connectivity index (χ3v) is 8.04. The summed E-state index contributed by atoms with van der Waals surface area (Å²) in [5, 5.41) is 0. The first-order chi connectivity index (χ1) is 12.3. The SMILES string of the molecule is CCCC(=O)C1CCCN(CCCC(C)(C)S(=O)(=O)c2ccccc2)C1. The molecule has 0 aromatic heterocycles. The van der Waals surface area contributed by atoms with E-state index >= 15 is 0 Å². The van der Waals surface area contributed by atoms with Gasteiger partial charge in [-0.05, 0) is 71.2 Å². The molecule has 146 valence electrons. The Morgan fingerprint density at radius 1 is 1.23 bits per heavy atom. The number of carbonyl (C=O) groups is 1. The van der Waals surface area contributed by atoms with Crippen molar-refractivity contribution in [2.75, 3.05) is 19.6 Å². The normalized spacial score (nSPS) is 19.4. The highest BCUT2D eigenvalue weighted by molar-refractivity contribution is 7.92. The zero-order valence-corrected chi connectivity index (χ0v) is 17.2. The van der Waals surface area contributed by atoms with Crippen molar-refractivity contribution in [2.24, 2.45) is 5.92 Å². The zero-order valence-electron chi connectivity index (χ0n) is 16.4. The summed E-state index contributed by atoms with van der Waals surface area (Å²) in [4.78, 5) is 14.9. The van der Waals surface area contributed by atoms with Crippen LogP contribution >= 0.6 is 0 Å². The summed E-state index contributed by atoms with van der Waals surface area (Å²) in [6, 6.07) is 8.71. The van der Waals surface area contributed by atoms with Crippen molar-refractivity contribution in [2.45, 2.75) is 68.9 Å². The van der Waals surface area contributed by atoms with Gasteiger partial charge >= 0.3 is 0 Å². The van der Waals surface area contributed by atoms with Gasteiger partial charge in [-0.15, -0.1) is 0 Å². The van der Waals surface area contributed by atoms with Crippen LogP contribution in [0, 0.1) is 5.92 Å². The summed E-state index contributed by atoms with van der Waals surface area (Å²) < 4.78 is 25.0. The number of piperidine rings is 1. The van der Waals surface area contributed by atoms with E-state index in [1.165, 1.54) is 0 Å². The second kappa shape index (κ2) is 9.14. The molecular weight excluding hydrogens is 346 g/mol. The molecule has 1 heterocycles. The van der Waals surface area contributed by atoms with Crippen LogP contribution < -0.4 is 0 Å². The van der Waals surface area contributed by atoms with E-state index < -0.39 is 14.6 Å². The number of Topliss-reactive ketones (excluding diaryl/α,β-unsaturated/α-hetero) is 1. The molecule has 0 radical (unpaired) electrons. The molecule has 0 saturated carbocycles. The molecule has 1 aromatic carbocycles. The Labute approximate surface area is 158 Å². The largest absolute Gasteiger partial charge is 0.303 e. The highest BCUT2D eigenvalue weighted by Gasteiger charge is 2.35. The summed E-state index contributed by atoms with van der Waals surface area (Å²) in [6.07, 6.45) is 5.11. The van der Waals surface area contributed by atoms with Crippen LogP contribution in [0.25, 0.3) is 0 Å². The lowest BCUT2D eigenvalue weighted by atomic mass is 9.91. The van der Waals surface area contributed by atoms with Crippen LogP contribution in [0.1, 0.15) is 59.3 Å². The summed E-state index contributed by atoms with van der Waals surface area (Å²) in [5.74, 6) is 0.564. The first-order valence-electron chi connectivity index (χ1n) is 9.82. The lowest BCUT2D eigenvalue weighted by Gasteiger charge is -2.33. The number of hydrogen-bond acceptors (Lipinski definition) is 4. The maximum absolute atomic E-state index is 12.9. The van der Waals surface area contributed by atoms with Gasteiger partial charge in [-0.3, -0.25) is 4.79 Å². The van der Waals surface area contributed by atoms with Crippen LogP contribution in [0.15, 0.2) is 35.2 Å². The Hall–Kier alpha value is -1.20. The summed E-state index contributed by atoms with van der Waals surface area (Å²) in [7, 11) is -3.35. The van der Waals surface area contributed by atoms with Gasteiger partial charge in [0.2, 0.25) is 0 Å². The predicted molar refractivity (Wildman–Crippen MR) is 106 cm³/mol. The fourth-order valence-corrected chi connectivity index (χ4v) is 5.32. The summed E-state index contributed by atoms with van der Waals surface area (Å²) in [5.41, 5.74) is 0. The molecule has 5 heteroatoms. The predicted octanol–water partition coefficient (Wildman–Crippen LogP) is 4.10. The monoisotopic (exact) mass is 379 g/mol. The smallest absolute Gasteiger partial charge is 0.183 e. The van der Waals surface area contributed by atoms with Crippen molar-refractivity contribution in [1.82, 2.24) is 4.90 Å². The number of nitrogens with zero attached hydrogens (tertiary/aromatic N) is 1. The molecule has 1 aliphatic rings. The van der Waals surface area contributed by atoms with E-state index in [1.807, 2.05) is 26.8 Å². The van der Waals surface area contributed by atoms with Crippen LogP contribution in [0.3, 0.4) is 0 Å². The minimum absolute atomic E-state index is 0.171. The number of ketones is 1. The van der Waals surface area contributed by atoms with Crippen molar-refractivity contribution in [1.29, 1.82) is 0 Å². The van der Waals surface area contributed by atoms with Crippen molar-refractivity contribution in [3.8, 4) is 0 Å². The average Bonchev–Trinajstić information content (AvgIpc) is 2.62. The van der Waals surface area contributed by atoms with E-state index in [9.17, 15) is 13.2 Å². The minimum atomic E-state index is -3.35. The number of rotatable bonds is 9. The molecule has 2 rings (SSSR count). The van der Waals surface area contributed by atoms with Crippen LogP contribution in [-0.4, -0.2) is 43.5 Å². The third kappa shape index (κ3) is 5.17. The van der Waals surface area contributed by atoms with Crippen molar-refractivity contribution < 1.29 is 13.2 Å². The van der Waals surface area contributed by atoms with Crippen molar-refractivity contribution in [3.05, 3.63) is 30.3 Å². The van der Waals surface area contributed by atoms with E-state index in [-0.39, 0.29) is 5.92 Å². The number of hydrogen-bond donors (Lipinski definition) is 0. The van der Waals surface area contributed by atoms with E-state index in [1.54, 1.807) is 24.3 Å². The van der Waals surface area contributed by atoms with Crippen molar-refractivity contribution >= 4 is 15.6 Å². The third-order valence-electron chi connectivity index (χ3n) is 5.49. The first kappa shape index (κ1) is 21.1. The summed E-state index contributed by atoms with van der Waals surface area (Å²) >= 11 is 0. The average molecular weight is 380 g/mol. The highest BCUT2D eigenvalue weighted by atomic mass is 32.2. The fourth-order valence-electron chi connectivity index (χ4n) is 3.75. The topological polar surface area (TPSA) is 54.5 Å². The first-order valence-corrected chi connectivity index (χ1v) is 11.3. The van der Waals surface area contributed by atoms with Gasteiger partial charge in [0, 0.05) is 18.9 Å². The number of carbonyl (C=O) groups excluding carboxylic acids is 1. The quantitative estimate of drug-likeness (QED) is 0.648. The van der Waals surface area contributed by atoms with Gasteiger partial charge in [-0.1, -0.05) is 25.1 Å². The zero-order chi connectivity index (χ0) is 19.2. The standard InChI is InChI=1S/C21H33NO3S/c1-4-10-20(23)18-11-8-15-22(17-18)16-9-14-21(2,3)26(24,25)19-12-6-5-7-13-19/h5-7,12-13,18H,4,8-11,14-17H2,1-3H3. The second-order valence-electron chi connectivity index (χ2n) is 8.04. The van der Waals surface area contributed by atoms with Crippen LogP contribution in [-0.2, 0) is 14.6 Å². The number of likely N-dealkylation sites (tertiary alicyclic amines) is 1. The summed E-state index contributed by atoms with van der Waals surface area (Å²) in [6.45, 7) is 8.40. The highest BCUT2D eigenvalue weighted by Crippen LogP contribution is 2.30. The van der Waals surface area contributed by atoms with Gasteiger partial charge in [0.05, 0.1) is 9.64 Å². The van der Waals surface area contributed by atoms with Gasteiger partial charge in [0.1, 0.15) is 5.78 Å². The van der Waals surface area contributed by atoms with Crippen LogP contribution in [0.4, 0.5) is 0 Å². The maximum Gasteiger partial charge on any atom is 0.183 e. The van der Waals surface area contributed by atoms with E-state index in [0.29, 0.717) is 23.5 Å². The molecular formula is C21H33NO3S. The fraction of sp³-hybridized carbons (Fsp3) is 0.667. The van der Waals surface area contributed by atoms with E-state index in [0.717, 1.165) is 45.3 Å². The van der Waals surface area contributed by atoms with Gasteiger partial charge < -0.3 is 4.90 Å². The number of benzene rings is 1. The lowest BCUT2D eigenvalue weighted by molar-refractivity contribution is -0.124. The molecule has 0 N–H and O–H groups in total. The van der Waals surface area contributed by atoms with Crippen LogP contribution in [0.5, 0.6) is 0 Å². The van der Waals surface area contributed by atoms with E-state index in [2.05, 4.69) is 4.90 Å². The van der Waals surface area contributed by atoms with Gasteiger partial charge in [0.25, 0.3) is 0 Å². The molecule has 0 bridgehead atoms. The second-order valence-corrected chi connectivity index (χ2v) is 10.6.